The first-order valence-electron chi connectivity index (χ1n) is 5.05. The van der Waals surface area contributed by atoms with E-state index in [1.165, 1.54) is 5.57 Å². The standard InChI is InChI=1S/C12H13ClFN/c13-11-3-1-2-9(12(11)14)6-8-4-5-10(15)7-8/h1-3,7,10H,4-6,15H2. The average molecular weight is 226 g/mol. The predicted molar refractivity (Wildman–Crippen MR) is 60.4 cm³/mol. The first-order chi connectivity index (χ1) is 7.16. The number of allylic oxidation sites excluding steroid dienone is 1. The third-order valence-corrected chi connectivity index (χ3v) is 2.99. The Morgan fingerprint density at radius 2 is 2.27 bits per heavy atom. The van der Waals surface area contributed by atoms with E-state index in [4.69, 9.17) is 17.3 Å². The lowest BCUT2D eigenvalue weighted by molar-refractivity contribution is 0.613. The van der Waals surface area contributed by atoms with Crippen molar-refractivity contribution in [2.75, 3.05) is 0 Å². The van der Waals surface area contributed by atoms with E-state index in [-0.39, 0.29) is 16.9 Å². The molecule has 0 spiro atoms. The highest BCUT2D eigenvalue weighted by Gasteiger charge is 2.14. The smallest absolute Gasteiger partial charge is 0.145 e. The van der Waals surface area contributed by atoms with Crippen molar-refractivity contribution in [3.63, 3.8) is 0 Å². The molecular weight excluding hydrogens is 213 g/mol. The van der Waals surface area contributed by atoms with Crippen molar-refractivity contribution < 1.29 is 4.39 Å². The van der Waals surface area contributed by atoms with E-state index in [0.29, 0.717) is 12.0 Å². The van der Waals surface area contributed by atoms with Crippen LogP contribution in [0.4, 0.5) is 4.39 Å². The maximum absolute atomic E-state index is 13.6. The van der Waals surface area contributed by atoms with E-state index in [0.717, 1.165) is 12.8 Å². The fourth-order valence-electron chi connectivity index (χ4n) is 1.90. The molecule has 1 unspecified atom stereocenters. The molecule has 0 saturated heterocycles. The number of halogens is 2. The van der Waals surface area contributed by atoms with Crippen LogP contribution in [0.3, 0.4) is 0 Å². The maximum atomic E-state index is 13.6. The summed E-state index contributed by atoms with van der Waals surface area (Å²) in [7, 11) is 0. The summed E-state index contributed by atoms with van der Waals surface area (Å²) in [6, 6.07) is 5.25. The molecule has 1 aromatic rings. The number of hydrogen-bond acceptors (Lipinski definition) is 1. The van der Waals surface area contributed by atoms with Gasteiger partial charge in [-0.3, -0.25) is 0 Å². The van der Waals surface area contributed by atoms with Gasteiger partial charge in [0.05, 0.1) is 5.02 Å². The molecule has 0 heterocycles. The van der Waals surface area contributed by atoms with Crippen molar-refractivity contribution in [2.45, 2.75) is 25.3 Å². The van der Waals surface area contributed by atoms with Gasteiger partial charge in [-0.05, 0) is 30.9 Å². The molecule has 2 N–H and O–H groups in total. The molecule has 1 nitrogen and oxygen atoms in total. The van der Waals surface area contributed by atoms with Crippen molar-refractivity contribution in [3.8, 4) is 0 Å². The van der Waals surface area contributed by atoms with Crippen LogP contribution in [0.5, 0.6) is 0 Å². The first-order valence-corrected chi connectivity index (χ1v) is 5.42. The van der Waals surface area contributed by atoms with Gasteiger partial charge in [0.15, 0.2) is 0 Å². The van der Waals surface area contributed by atoms with Gasteiger partial charge in [-0.15, -0.1) is 0 Å². The molecule has 1 atom stereocenters. The Labute approximate surface area is 93.7 Å². The molecule has 3 heteroatoms. The van der Waals surface area contributed by atoms with Crippen molar-refractivity contribution in [1.82, 2.24) is 0 Å². The fourth-order valence-corrected chi connectivity index (χ4v) is 2.09. The molecule has 0 amide bonds. The van der Waals surface area contributed by atoms with Gasteiger partial charge in [0.2, 0.25) is 0 Å². The van der Waals surface area contributed by atoms with E-state index in [1.807, 2.05) is 6.08 Å². The van der Waals surface area contributed by atoms with Crippen LogP contribution < -0.4 is 5.73 Å². The molecule has 0 aliphatic heterocycles. The van der Waals surface area contributed by atoms with Gasteiger partial charge in [-0.25, -0.2) is 4.39 Å². The fraction of sp³-hybridized carbons (Fsp3) is 0.333. The van der Waals surface area contributed by atoms with Gasteiger partial charge in [-0.2, -0.15) is 0 Å². The maximum Gasteiger partial charge on any atom is 0.145 e. The molecular formula is C12H13ClFN. The Morgan fingerprint density at radius 1 is 1.47 bits per heavy atom. The second-order valence-electron chi connectivity index (χ2n) is 3.92. The van der Waals surface area contributed by atoms with E-state index in [2.05, 4.69) is 0 Å². The summed E-state index contributed by atoms with van der Waals surface area (Å²) < 4.78 is 13.6. The van der Waals surface area contributed by atoms with Crippen molar-refractivity contribution in [3.05, 3.63) is 46.3 Å². The molecule has 0 radical (unpaired) electrons. The third kappa shape index (κ3) is 2.39. The Bertz CT molecular complexity index is 401. The SMILES string of the molecule is NC1C=C(Cc2cccc(Cl)c2F)CC1. The lowest BCUT2D eigenvalue weighted by atomic mass is 10.0. The van der Waals surface area contributed by atoms with Gasteiger partial charge in [-0.1, -0.05) is 35.4 Å². The molecule has 0 saturated carbocycles. The molecule has 0 bridgehead atoms. The Balaban J connectivity index is 2.18. The summed E-state index contributed by atoms with van der Waals surface area (Å²) in [6.45, 7) is 0. The molecule has 2 rings (SSSR count). The predicted octanol–water partition coefficient (Wildman–Crippen LogP) is 3.07. The van der Waals surface area contributed by atoms with Crippen LogP contribution in [-0.4, -0.2) is 6.04 Å². The van der Waals surface area contributed by atoms with E-state index in [1.54, 1.807) is 18.2 Å². The second-order valence-corrected chi connectivity index (χ2v) is 4.32. The summed E-state index contributed by atoms with van der Waals surface area (Å²) in [6.07, 6.45) is 4.59. The molecule has 1 aromatic carbocycles. The zero-order valence-corrected chi connectivity index (χ0v) is 9.10. The largest absolute Gasteiger partial charge is 0.324 e. The summed E-state index contributed by atoms with van der Waals surface area (Å²) in [5.41, 5.74) is 7.62. The highest BCUT2D eigenvalue weighted by molar-refractivity contribution is 6.30. The van der Waals surface area contributed by atoms with Crippen molar-refractivity contribution in [1.29, 1.82) is 0 Å². The number of rotatable bonds is 2. The van der Waals surface area contributed by atoms with E-state index >= 15 is 0 Å². The molecule has 1 aliphatic carbocycles. The van der Waals surface area contributed by atoms with Crippen LogP contribution in [0.1, 0.15) is 18.4 Å². The van der Waals surface area contributed by atoms with Crippen LogP contribution >= 0.6 is 11.6 Å². The van der Waals surface area contributed by atoms with E-state index < -0.39 is 0 Å². The minimum absolute atomic E-state index is 0.141. The van der Waals surface area contributed by atoms with Crippen LogP contribution in [0.2, 0.25) is 5.02 Å². The average Bonchev–Trinajstić information content (AvgIpc) is 2.59. The molecule has 80 valence electrons. The summed E-state index contributed by atoms with van der Waals surface area (Å²) in [5.74, 6) is -0.305. The minimum atomic E-state index is -0.305. The first kappa shape index (κ1) is 10.7. The number of benzene rings is 1. The highest BCUT2D eigenvalue weighted by atomic mass is 35.5. The number of nitrogens with two attached hydrogens (primary N) is 1. The topological polar surface area (TPSA) is 26.0 Å². The van der Waals surface area contributed by atoms with Crippen LogP contribution in [0.25, 0.3) is 0 Å². The zero-order valence-electron chi connectivity index (χ0n) is 8.34. The van der Waals surface area contributed by atoms with Crippen LogP contribution in [0, 0.1) is 5.82 Å². The normalized spacial score (nSPS) is 20.5. The van der Waals surface area contributed by atoms with Crippen LogP contribution in [-0.2, 0) is 6.42 Å². The zero-order chi connectivity index (χ0) is 10.8. The van der Waals surface area contributed by atoms with Gasteiger partial charge >= 0.3 is 0 Å². The lowest BCUT2D eigenvalue weighted by Gasteiger charge is -2.04. The monoisotopic (exact) mass is 225 g/mol. The summed E-state index contributed by atoms with van der Waals surface area (Å²) >= 11 is 5.71. The van der Waals surface area contributed by atoms with Crippen molar-refractivity contribution >= 4 is 11.6 Å². The quantitative estimate of drug-likeness (QED) is 0.770. The molecule has 1 aliphatic rings. The Kier molecular flexibility index (Phi) is 3.08. The highest BCUT2D eigenvalue weighted by Crippen LogP contribution is 2.25. The Morgan fingerprint density at radius 3 is 2.93 bits per heavy atom. The summed E-state index contributed by atoms with van der Waals surface area (Å²) in [5, 5.41) is 0.190. The van der Waals surface area contributed by atoms with E-state index in [9.17, 15) is 4.39 Å². The van der Waals surface area contributed by atoms with Crippen LogP contribution in [0.15, 0.2) is 29.8 Å². The number of hydrogen-bond donors (Lipinski definition) is 1. The van der Waals surface area contributed by atoms with Gasteiger partial charge in [0, 0.05) is 6.04 Å². The molecule has 0 aromatic heterocycles. The van der Waals surface area contributed by atoms with Crippen molar-refractivity contribution in [2.24, 2.45) is 5.73 Å². The van der Waals surface area contributed by atoms with Gasteiger partial charge in [0.25, 0.3) is 0 Å². The summed E-state index contributed by atoms with van der Waals surface area (Å²) in [4.78, 5) is 0. The molecule has 15 heavy (non-hydrogen) atoms. The second kappa shape index (κ2) is 4.33. The minimum Gasteiger partial charge on any atom is -0.324 e. The van der Waals surface area contributed by atoms with Gasteiger partial charge < -0.3 is 5.73 Å². The third-order valence-electron chi connectivity index (χ3n) is 2.70. The molecule has 0 fully saturated rings. The van der Waals surface area contributed by atoms with Gasteiger partial charge in [0.1, 0.15) is 5.82 Å². The Hall–Kier alpha value is -0.860. The lowest BCUT2D eigenvalue weighted by Crippen LogP contribution is -2.11.